The van der Waals surface area contributed by atoms with Gasteiger partial charge in [-0.25, -0.2) is 4.79 Å². The second kappa shape index (κ2) is 9.17. The molecule has 1 atom stereocenters. The number of benzene rings is 2. The number of hydrogen-bond acceptors (Lipinski definition) is 3. The van der Waals surface area contributed by atoms with Crippen molar-refractivity contribution in [3.05, 3.63) is 70.1 Å². The molecule has 6 nitrogen and oxygen atoms in total. The minimum absolute atomic E-state index is 0.148. The molecule has 32 heavy (non-hydrogen) atoms. The van der Waals surface area contributed by atoms with E-state index in [4.69, 9.17) is 0 Å². The number of nitrogens with one attached hydrogen (secondary N) is 1. The highest BCUT2D eigenvalue weighted by Crippen LogP contribution is 2.41. The van der Waals surface area contributed by atoms with E-state index in [0.717, 1.165) is 11.1 Å². The van der Waals surface area contributed by atoms with Crippen LogP contribution in [0.3, 0.4) is 0 Å². The predicted octanol–water partition coefficient (Wildman–Crippen LogP) is 5.17. The van der Waals surface area contributed by atoms with Gasteiger partial charge in [-0.3, -0.25) is 4.79 Å². The Bertz CT molecular complexity index is 1170. The summed E-state index contributed by atoms with van der Waals surface area (Å²) < 4.78 is 1.74. The lowest BCUT2D eigenvalue weighted by atomic mass is 9.80. The van der Waals surface area contributed by atoms with E-state index in [-0.39, 0.29) is 18.1 Å². The molecule has 2 aromatic carbocycles. The lowest BCUT2D eigenvalue weighted by Crippen LogP contribution is -2.40. The SMILES string of the molecule is CC(C)Cn1c(C(NC(=O)O)C(C)(C)C)c(-c2ccccc2)c2cc(CO)ccc2c1=O. The first-order valence-electron chi connectivity index (χ1n) is 10.9. The van der Waals surface area contributed by atoms with Crippen LogP contribution in [0.25, 0.3) is 21.9 Å². The van der Waals surface area contributed by atoms with E-state index in [1.54, 1.807) is 16.7 Å². The van der Waals surface area contributed by atoms with Crippen LogP contribution in [-0.4, -0.2) is 20.9 Å². The van der Waals surface area contributed by atoms with E-state index in [2.05, 4.69) is 5.32 Å². The molecule has 0 aliphatic rings. The van der Waals surface area contributed by atoms with Crippen molar-refractivity contribution in [3.63, 3.8) is 0 Å². The molecule has 170 valence electrons. The molecule has 3 aromatic rings. The van der Waals surface area contributed by atoms with Crippen LogP contribution in [0, 0.1) is 11.3 Å². The Balaban J connectivity index is 2.58. The molecule has 1 aromatic heterocycles. The van der Waals surface area contributed by atoms with Crippen molar-refractivity contribution in [2.45, 2.75) is 53.8 Å². The number of amides is 1. The van der Waals surface area contributed by atoms with Gasteiger partial charge < -0.3 is 20.1 Å². The summed E-state index contributed by atoms with van der Waals surface area (Å²) in [4.78, 5) is 25.5. The van der Waals surface area contributed by atoms with Crippen LogP contribution in [0.1, 0.15) is 51.9 Å². The van der Waals surface area contributed by atoms with Gasteiger partial charge in [0.1, 0.15) is 0 Å². The Hall–Kier alpha value is -3.12. The average Bonchev–Trinajstić information content (AvgIpc) is 2.73. The number of pyridine rings is 1. The summed E-state index contributed by atoms with van der Waals surface area (Å²) in [5, 5.41) is 23.4. The molecule has 1 unspecified atom stereocenters. The highest BCUT2D eigenvalue weighted by Gasteiger charge is 2.34. The molecule has 0 aliphatic carbocycles. The highest BCUT2D eigenvalue weighted by atomic mass is 16.4. The van der Waals surface area contributed by atoms with Crippen molar-refractivity contribution >= 4 is 16.9 Å². The standard InChI is InChI=1S/C26H32N2O4/c1-16(2)14-28-22(23(26(3,4)5)27-25(31)32)21(18-9-7-6-8-10-18)20-13-17(15-29)11-12-19(20)24(28)30/h6-13,16,23,27,29H,14-15H2,1-5H3,(H,31,32). The van der Waals surface area contributed by atoms with E-state index in [1.807, 2.05) is 71.0 Å². The molecule has 0 radical (unpaired) electrons. The molecule has 3 rings (SSSR count). The summed E-state index contributed by atoms with van der Waals surface area (Å²) >= 11 is 0. The summed E-state index contributed by atoms with van der Waals surface area (Å²) in [6.45, 7) is 10.3. The highest BCUT2D eigenvalue weighted by molar-refractivity contribution is 5.98. The number of rotatable bonds is 6. The van der Waals surface area contributed by atoms with Gasteiger partial charge in [-0.05, 0) is 40.0 Å². The van der Waals surface area contributed by atoms with E-state index < -0.39 is 17.6 Å². The average molecular weight is 437 g/mol. The maximum Gasteiger partial charge on any atom is 0.405 e. The first-order valence-corrected chi connectivity index (χ1v) is 10.9. The quantitative estimate of drug-likeness (QED) is 0.497. The van der Waals surface area contributed by atoms with Gasteiger partial charge in [-0.1, -0.05) is 71.0 Å². The third kappa shape index (κ3) is 4.70. The molecule has 0 spiro atoms. The molecular weight excluding hydrogens is 404 g/mol. The molecule has 1 amide bonds. The van der Waals surface area contributed by atoms with Crippen LogP contribution in [0.15, 0.2) is 53.3 Å². The monoisotopic (exact) mass is 436 g/mol. The van der Waals surface area contributed by atoms with Crippen molar-refractivity contribution in [1.29, 1.82) is 0 Å². The zero-order chi connectivity index (χ0) is 23.6. The summed E-state index contributed by atoms with van der Waals surface area (Å²) in [6, 6.07) is 14.4. The third-order valence-electron chi connectivity index (χ3n) is 5.58. The fraction of sp³-hybridized carbons (Fsp3) is 0.385. The Morgan fingerprint density at radius 2 is 1.72 bits per heavy atom. The number of aliphatic hydroxyl groups excluding tert-OH is 1. The Labute approximate surface area is 188 Å². The normalized spacial score (nSPS) is 12.8. The van der Waals surface area contributed by atoms with Gasteiger partial charge in [-0.15, -0.1) is 0 Å². The van der Waals surface area contributed by atoms with Gasteiger partial charge in [-0.2, -0.15) is 0 Å². The van der Waals surface area contributed by atoms with Crippen LogP contribution in [0.5, 0.6) is 0 Å². The van der Waals surface area contributed by atoms with E-state index in [9.17, 15) is 19.8 Å². The van der Waals surface area contributed by atoms with Crippen LogP contribution < -0.4 is 10.9 Å². The Kier molecular flexibility index (Phi) is 6.74. The van der Waals surface area contributed by atoms with Crippen molar-refractivity contribution in [2.24, 2.45) is 11.3 Å². The maximum absolute atomic E-state index is 13.7. The number of carbonyl (C=O) groups is 1. The second-order valence-corrected chi connectivity index (χ2v) is 9.72. The van der Waals surface area contributed by atoms with Crippen molar-refractivity contribution < 1.29 is 15.0 Å². The van der Waals surface area contributed by atoms with Gasteiger partial charge in [0.2, 0.25) is 0 Å². The molecule has 0 saturated heterocycles. The summed E-state index contributed by atoms with van der Waals surface area (Å²) in [6.07, 6.45) is -1.14. The maximum atomic E-state index is 13.7. The fourth-order valence-corrected chi connectivity index (χ4v) is 4.18. The van der Waals surface area contributed by atoms with Gasteiger partial charge >= 0.3 is 6.09 Å². The number of hydrogen-bond donors (Lipinski definition) is 3. The fourth-order valence-electron chi connectivity index (χ4n) is 4.18. The molecular formula is C26H32N2O4. The number of fused-ring (bicyclic) bond motifs is 1. The molecule has 6 heteroatoms. The number of aromatic nitrogens is 1. The van der Waals surface area contributed by atoms with E-state index in [0.29, 0.717) is 28.6 Å². The molecule has 0 bridgehead atoms. The lowest BCUT2D eigenvalue weighted by Gasteiger charge is -2.35. The van der Waals surface area contributed by atoms with Crippen LogP contribution in [-0.2, 0) is 13.2 Å². The van der Waals surface area contributed by atoms with Crippen molar-refractivity contribution in [3.8, 4) is 11.1 Å². The van der Waals surface area contributed by atoms with Crippen molar-refractivity contribution in [2.75, 3.05) is 0 Å². The third-order valence-corrected chi connectivity index (χ3v) is 5.58. The van der Waals surface area contributed by atoms with Gasteiger partial charge in [0.25, 0.3) is 5.56 Å². The van der Waals surface area contributed by atoms with Crippen LogP contribution in [0.2, 0.25) is 0 Å². The Morgan fingerprint density at radius 1 is 1.06 bits per heavy atom. The Morgan fingerprint density at radius 3 is 2.25 bits per heavy atom. The van der Waals surface area contributed by atoms with Crippen LogP contribution in [0.4, 0.5) is 4.79 Å². The van der Waals surface area contributed by atoms with Gasteiger partial charge in [0.15, 0.2) is 0 Å². The van der Waals surface area contributed by atoms with Gasteiger partial charge in [0.05, 0.1) is 18.3 Å². The first kappa shape index (κ1) is 23.5. The molecule has 0 fully saturated rings. The number of nitrogens with zero attached hydrogens (tertiary/aromatic N) is 1. The van der Waals surface area contributed by atoms with Crippen molar-refractivity contribution in [1.82, 2.24) is 9.88 Å². The molecule has 1 heterocycles. The summed E-state index contributed by atoms with van der Waals surface area (Å²) in [7, 11) is 0. The second-order valence-electron chi connectivity index (χ2n) is 9.72. The zero-order valence-corrected chi connectivity index (χ0v) is 19.3. The lowest BCUT2D eigenvalue weighted by molar-refractivity contribution is 0.172. The number of aliphatic hydroxyl groups is 1. The zero-order valence-electron chi connectivity index (χ0n) is 19.3. The van der Waals surface area contributed by atoms with E-state index in [1.165, 1.54) is 0 Å². The molecule has 0 saturated carbocycles. The molecule has 3 N–H and O–H groups in total. The summed E-state index contributed by atoms with van der Waals surface area (Å²) in [5.74, 6) is 0.176. The smallest absolute Gasteiger partial charge is 0.405 e. The predicted molar refractivity (Wildman–Crippen MR) is 128 cm³/mol. The number of carboxylic acid groups (broad SMARTS) is 1. The van der Waals surface area contributed by atoms with E-state index >= 15 is 0 Å². The largest absolute Gasteiger partial charge is 0.465 e. The van der Waals surface area contributed by atoms with Gasteiger partial charge in [0, 0.05) is 17.5 Å². The van der Waals surface area contributed by atoms with Crippen LogP contribution >= 0.6 is 0 Å². The molecule has 0 aliphatic heterocycles. The minimum atomic E-state index is -1.14. The first-order chi connectivity index (χ1) is 15.0. The minimum Gasteiger partial charge on any atom is -0.465 e. The topological polar surface area (TPSA) is 91.6 Å². The summed E-state index contributed by atoms with van der Waals surface area (Å²) in [5.41, 5.74) is 2.38.